The van der Waals surface area contributed by atoms with Crippen molar-refractivity contribution >= 4 is 5.96 Å². The lowest BCUT2D eigenvalue weighted by molar-refractivity contribution is 0.0459. The molecule has 3 unspecified atom stereocenters. The van der Waals surface area contributed by atoms with Crippen LogP contribution in [0.3, 0.4) is 0 Å². The fraction of sp³-hybridized carbons (Fsp3) is 0.519. The number of rotatable bonds is 7. The average molecular weight is 435 g/mol. The van der Waals surface area contributed by atoms with E-state index in [9.17, 15) is 5.11 Å². The quantitative estimate of drug-likeness (QED) is 0.460. The van der Waals surface area contributed by atoms with E-state index in [2.05, 4.69) is 41.6 Å². The second-order valence-corrected chi connectivity index (χ2v) is 9.47. The zero-order valence-electron chi connectivity index (χ0n) is 19.5. The molecule has 2 aliphatic heterocycles. The molecule has 2 aliphatic rings. The van der Waals surface area contributed by atoms with Crippen LogP contribution in [0.25, 0.3) is 0 Å². The number of aliphatic imine (C=N–C) groups is 1. The van der Waals surface area contributed by atoms with Crippen LogP contribution in [-0.2, 0) is 12.0 Å². The van der Waals surface area contributed by atoms with Crippen molar-refractivity contribution in [3.05, 3.63) is 71.8 Å². The molecule has 0 aromatic heterocycles. The number of benzene rings is 2. The van der Waals surface area contributed by atoms with E-state index in [0.29, 0.717) is 31.1 Å². The first-order valence-electron chi connectivity index (χ1n) is 12.2. The molecular weight excluding hydrogens is 396 g/mol. The van der Waals surface area contributed by atoms with Crippen LogP contribution in [0.2, 0.25) is 0 Å². The van der Waals surface area contributed by atoms with Crippen molar-refractivity contribution < 1.29 is 5.11 Å². The number of aliphatic hydroxyl groups is 1. The Morgan fingerprint density at radius 1 is 1.03 bits per heavy atom. The number of nitrogens with one attached hydrogen (secondary N) is 2. The number of guanidine groups is 1. The summed E-state index contributed by atoms with van der Waals surface area (Å²) in [5.41, 5.74) is 0.946. The van der Waals surface area contributed by atoms with Gasteiger partial charge in [-0.05, 0) is 50.8 Å². The number of fused-ring (bicyclic) bond motifs is 2. The van der Waals surface area contributed by atoms with Gasteiger partial charge in [-0.2, -0.15) is 0 Å². The highest BCUT2D eigenvalue weighted by atomic mass is 16.3. The van der Waals surface area contributed by atoms with Gasteiger partial charge in [0.15, 0.2) is 5.96 Å². The summed E-state index contributed by atoms with van der Waals surface area (Å²) in [6, 6.07) is 21.9. The van der Waals surface area contributed by atoms with Crippen molar-refractivity contribution in [2.24, 2.45) is 4.99 Å². The molecule has 0 aliphatic carbocycles. The summed E-state index contributed by atoms with van der Waals surface area (Å²) < 4.78 is 0. The molecule has 2 aromatic carbocycles. The first kappa shape index (κ1) is 22.8. The third kappa shape index (κ3) is 5.51. The van der Waals surface area contributed by atoms with Crippen LogP contribution in [0.4, 0.5) is 0 Å². The summed E-state index contributed by atoms with van der Waals surface area (Å²) in [5, 5.41) is 18.9. The van der Waals surface area contributed by atoms with Crippen LogP contribution in [0.15, 0.2) is 65.7 Å². The molecule has 4 rings (SSSR count). The van der Waals surface area contributed by atoms with Crippen LogP contribution in [0.5, 0.6) is 0 Å². The smallest absolute Gasteiger partial charge is 0.191 e. The number of hydrogen-bond acceptors (Lipinski definition) is 3. The van der Waals surface area contributed by atoms with Crippen LogP contribution in [-0.4, -0.2) is 54.2 Å². The summed E-state index contributed by atoms with van der Waals surface area (Å²) in [5.74, 6) is 0.808. The lowest BCUT2D eigenvalue weighted by atomic mass is 9.82. The number of piperidine rings is 2. The monoisotopic (exact) mass is 434 g/mol. The fourth-order valence-electron chi connectivity index (χ4n) is 5.39. The Kier molecular flexibility index (Phi) is 7.48. The maximum atomic E-state index is 11.8. The molecule has 2 saturated heterocycles. The van der Waals surface area contributed by atoms with Gasteiger partial charge in [-0.15, -0.1) is 0 Å². The van der Waals surface area contributed by atoms with Gasteiger partial charge in [-0.1, -0.05) is 67.1 Å². The van der Waals surface area contributed by atoms with Crippen LogP contribution in [0, 0.1) is 0 Å². The van der Waals surface area contributed by atoms with Crippen molar-refractivity contribution in [3.8, 4) is 0 Å². The second kappa shape index (κ2) is 10.5. The lowest BCUT2D eigenvalue weighted by Crippen LogP contribution is -2.56. The highest BCUT2D eigenvalue weighted by Gasteiger charge is 2.36. The molecule has 0 radical (unpaired) electrons. The maximum Gasteiger partial charge on any atom is 0.191 e. The van der Waals surface area contributed by atoms with E-state index in [1.165, 1.54) is 19.3 Å². The predicted molar refractivity (Wildman–Crippen MR) is 132 cm³/mol. The van der Waals surface area contributed by atoms with E-state index in [-0.39, 0.29) is 0 Å². The minimum Gasteiger partial charge on any atom is -0.383 e. The van der Waals surface area contributed by atoms with Gasteiger partial charge in [-0.3, -0.25) is 0 Å². The van der Waals surface area contributed by atoms with Crippen molar-refractivity contribution in [3.63, 3.8) is 0 Å². The van der Waals surface area contributed by atoms with Gasteiger partial charge in [0.1, 0.15) is 5.60 Å². The molecule has 0 spiro atoms. The predicted octanol–water partition coefficient (Wildman–Crippen LogP) is 3.69. The summed E-state index contributed by atoms with van der Waals surface area (Å²) >= 11 is 0. The van der Waals surface area contributed by atoms with E-state index in [4.69, 9.17) is 4.99 Å². The molecule has 2 bridgehead atoms. The van der Waals surface area contributed by atoms with Crippen molar-refractivity contribution in [2.45, 2.75) is 69.2 Å². The van der Waals surface area contributed by atoms with Gasteiger partial charge in [-0.25, -0.2) is 4.99 Å². The Hall–Kier alpha value is -2.37. The van der Waals surface area contributed by atoms with Gasteiger partial charge >= 0.3 is 0 Å². The third-order valence-electron chi connectivity index (χ3n) is 7.17. The summed E-state index contributed by atoms with van der Waals surface area (Å²) in [7, 11) is 2.29. The van der Waals surface area contributed by atoms with E-state index in [0.717, 1.165) is 36.5 Å². The second-order valence-electron chi connectivity index (χ2n) is 9.47. The van der Waals surface area contributed by atoms with E-state index < -0.39 is 5.60 Å². The number of nitrogens with zero attached hydrogens (tertiary/aromatic N) is 2. The maximum absolute atomic E-state index is 11.8. The van der Waals surface area contributed by atoms with Crippen molar-refractivity contribution in [1.29, 1.82) is 0 Å². The summed E-state index contributed by atoms with van der Waals surface area (Å²) in [6.45, 7) is 3.20. The molecule has 5 heteroatoms. The van der Waals surface area contributed by atoms with Crippen molar-refractivity contribution in [2.75, 3.05) is 20.1 Å². The van der Waals surface area contributed by atoms with E-state index in [1.807, 2.05) is 48.5 Å². The molecule has 2 aromatic rings. The van der Waals surface area contributed by atoms with Gasteiger partial charge < -0.3 is 20.6 Å². The van der Waals surface area contributed by atoms with Crippen LogP contribution < -0.4 is 10.6 Å². The zero-order valence-corrected chi connectivity index (χ0v) is 19.5. The summed E-state index contributed by atoms with van der Waals surface area (Å²) in [6.07, 6.45) is 6.78. The Labute approximate surface area is 193 Å². The van der Waals surface area contributed by atoms with Crippen molar-refractivity contribution in [1.82, 2.24) is 15.5 Å². The molecule has 3 N–H and O–H groups in total. The highest BCUT2D eigenvalue weighted by Crippen LogP contribution is 2.32. The molecule has 0 amide bonds. The molecule has 5 nitrogen and oxygen atoms in total. The summed E-state index contributed by atoms with van der Waals surface area (Å²) in [4.78, 5) is 7.48. The molecule has 172 valence electrons. The molecule has 0 saturated carbocycles. The Morgan fingerprint density at radius 2 is 1.66 bits per heavy atom. The van der Waals surface area contributed by atoms with Gasteiger partial charge in [0.25, 0.3) is 0 Å². The largest absolute Gasteiger partial charge is 0.383 e. The molecular formula is C27H38N4O. The molecule has 32 heavy (non-hydrogen) atoms. The Morgan fingerprint density at radius 3 is 2.28 bits per heavy atom. The lowest BCUT2D eigenvalue weighted by Gasteiger charge is -2.47. The standard InChI is InChI=1S/C27H38N4O/c1-3-28-26(30-23-17-24-15-10-16-25(18-23)31(24)2)29-20-27(32,22-13-8-5-9-14-22)19-21-11-6-4-7-12-21/h4-9,11-14,23-25,32H,3,10,15-20H2,1-2H3,(H2,28,29,30). The van der Waals surface area contributed by atoms with Crippen LogP contribution in [0.1, 0.15) is 50.2 Å². The van der Waals surface area contributed by atoms with Crippen LogP contribution >= 0.6 is 0 Å². The van der Waals surface area contributed by atoms with E-state index >= 15 is 0 Å². The third-order valence-corrected chi connectivity index (χ3v) is 7.17. The van der Waals surface area contributed by atoms with Gasteiger partial charge in [0.2, 0.25) is 0 Å². The minimum atomic E-state index is -1.06. The van der Waals surface area contributed by atoms with E-state index in [1.54, 1.807) is 0 Å². The topological polar surface area (TPSA) is 59.9 Å². The molecule has 3 atom stereocenters. The first-order chi connectivity index (χ1) is 15.6. The minimum absolute atomic E-state index is 0.306. The zero-order chi connectivity index (χ0) is 22.4. The molecule has 2 heterocycles. The fourth-order valence-corrected chi connectivity index (χ4v) is 5.39. The number of hydrogen-bond donors (Lipinski definition) is 3. The SMILES string of the molecule is CCNC(=NCC(O)(Cc1ccccc1)c1ccccc1)NC1CC2CCCC(C1)N2C. The molecule has 2 fully saturated rings. The highest BCUT2D eigenvalue weighted by molar-refractivity contribution is 5.80. The average Bonchev–Trinajstić information content (AvgIpc) is 2.80. The Balaban J connectivity index is 1.51. The Bertz CT molecular complexity index is 858. The normalized spacial score (nSPS) is 25.7. The van der Waals surface area contributed by atoms with Gasteiger partial charge in [0.05, 0.1) is 6.54 Å². The first-order valence-corrected chi connectivity index (χ1v) is 12.2. The van der Waals surface area contributed by atoms with Gasteiger partial charge in [0, 0.05) is 31.1 Å².